The zero-order chi connectivity index (χ0) is 14.0. The van der Waals surface area contributed by atoms with Crippen molar-refractivity contribution in [3.8, 4) is 0 Å². The minimum absolute atomic E-state index is 0.0859. The summed E-state index contributed by atoms with van der Waals surface area (Å²) in [5.41, 5.74) is 2.12. The van der Waals surface area contributed by atoms with Crippen LogP contribution in [0.5, 0.6) is 0 Å². The monoisotopic (exact) mass is 325 g/mol. The molecule has 1 saturated heterocycles. The number of carbonyl (C=O) groups excluding carboxylic acids is 1. The SMILES string of the molecule is CNCCC1CN(c2ccc(Br)c(C)c2)C(=O)N1C. The lowest BCUT2D eigenvalue weighted by molar-refractivity contribution is 0.217. The lowest BCUT2D eigenvalue weighted by Gasteiger charge is -2.17. The maximum absolute atomic E-state index is 12.3. The number of aryl methyl sites for hydroxylation is 1. The van der Waals surface area contributed by atoms with E-state index in [-0.39, 0.29) is 12.1 Å². The smallest absolute Gasteiger partial charge is 0.323 e. The highest BCUT2D eigenvalue weighted by Crippen LogP contribution is 2.27. The Bertz CT molecular complexity index is 478. The first-order valence-electron chi connectivity index (χ1n) is 6.49. The second-order valence-electron chi connectivity index (χ2n) is 4.98. The average Bonchev–Trinajstić information content (AvgIpc) is 2.67. The van der Waals surface area contributed by atoms with Gasteiger partial charge >= 0.3 is 6.03 Å². The molecule has 19 heavy (non-hydrogen) atoms. The Morgan fingerprint density at radius 3 is 2.84 bits per heavy atom. The fraction of sp³-hybridized carbons (Fsp3) is 0.500. The first kappa shape index (κ1) is 14.3. The highest BCUT2D eigenvalue weighted by molar-refractivity contribution is 9.10. The highest BCUT2D eigenvalue weighted by atomic mass is 79.9. The molecule has 1 N–H and O–H groups in total. The van der Waals surface area contributed by atoms with Crippen molar-refractivity contribution in [3.63, 3.8) is 0 Å². The molecule has 4 nitrogen and oxygen atoms in total. The Morgan fingerprint density at radius 2 is 2.21 bits per heavy atom. The summed E-state index contributed by atoms with van der Waals surface area (Å²) in [6.45, 7) is 3.73. The zero-order valence-corrected chi connectivity index (χ0v) is 13.2. The maximum atomic E-state index is 12.3. The Balaban J connectivity index is 2.16. The summed E-state index contributed by atoms with van der Waals surface area (Å²) < 4.78 is 1.07. The third-order valence-electron chi connectivity index (χ3n) is 3.65. The van der Waals surface area contributed by atoms with Crippen molar-refractivity contribution in [2.45, 2.75) is 19.4 Å². The van der Waals surface area contributed by atoms with Gasteiger partial charge in [0.1, 0.15) is 0 Å². The molecule has 0 saturated carbocycles. The van der Waals surface area contributed by atoms with Gasteiger partial charge in [-0.2, -0.15) is 0 Å². The van der Waals surface area contributed by atoms with E-state index in [1.54, 1.807) is 0 Å². The summed E-state index contributed by atoms with van der Waals surface area (Å²) in [5.74, 6) is 0. The molecular formula is C14H20BrN3O. The van der Waals surface area contributed by atoms with Crippen molar-refractivity contribution < 1.29 is 4.79 Å². The van der Waals surface area contributed by atoms with Crippen LogP contribution in [0.1, 0.15) is 12.0 Å². The predicted octanol–water partition coefficient (Wildman–Crippen LogP) is 2.61. The number of nitrogens with zero attached hydrogens (tertiary/aromatic N) is 2. The summed E-state index contributed by atoms with van der Waals surface area (Å²) in [7, 11) is 3.82. The van der Waals surface area contributed by atoms with Crippen LogP contribution in [0.3, 0.4) is 0 Å². The summed E-state index contributed by atoms with van der Waals surface area (Å²) >= 11 is 3.49. The lowest BCUT2D eigenvalue weighted by Crippen LogP contribution is -2.32. The van der Waals surface area contributed by atoms with Crippen LogP contribution in [-0.4, -0.2) is 44.2 Å². The van der Waals surface area contributed by atoms with Crippen LogP contribution in [0.2, 0.25) is 0 Å². The standard InChI is InChI=1S/C14H20BrN3O/c1-10-8-11(4-5-13(10)15)18-9-12(6-7-16-2)17(3)14(18)19/h4-5,8,12,16H,6-7,9H2,1-3H3. The van der Waals surface area contributed by atoms with Gasteiger partial charge in [0, 0.05) is 23.8 Å². The van der Waals surface area contributed by atoms with Gasteiger partial charge in [0.25, 0.3) is 0 Å². The minimum Gasteiger partial charge on any atom is -0.323 e. The highest BCUT2D eigenvalue weighted by Gasteiger charge is 2.34. The molecule has 1 aromatic rings. The Morgan fingerprint density at radius 1 is 1.47 bits per heavy atom. The molecule has 104 valence electrons. The van der Waals surface area contributed by atoms with Gasteiger partial charge in [-0.05, 0) is 50.7 Å². The molecule has 2 amide bonds. The third-order valence-corrected chi connectivity index (χ3v) is 4.54. The van der Waals surface area contributed by atoms with Crippen LogP contribution < -0.4 is 10.2 Å². The first-order valence-corrected chi connectivity index (χ1v) is 7.29. The van der Waals surface area contributed by atoms with E-state index in [0.717, 1.165) is 35.2 Å². The molecule has 1 aliphatic heterocycles. The Kier molecular flexibility index (Phi) is 4.47. The fourth-order valence-corrected chi connectivity index (χ4v) is 2.61. The van der Waals surface area contributed by atoms with Crippen LogP contribution in [0.4, 0.5) is 10.5 Å². The molecule has 0 spiro atoms. The molecule has 2 rings (SSSR count). The van der Waals surface area contributed by atoms with Crippen LogP contribution >= 0.6 is 15.9 Å². The number of halogens is 1. The van der Waals surface area contributed by atoms with E-state index in [2.05, 4.69) is 27.3 Å². The number of anilines is 1. The van der Waals surface area contributed by atoms with E-state index in [9.17, 15) is 4.79 Å². The van der Waals surface area contributed by atoms with Gasteiger partial charge in [-0.15, -0.1) is 0 Å². The van der Waals surface area contributed by atoms with Gasteiger partial charge in [0.15, 0.2) is 0 Å². The van der Waals surface area contributed by atoms with E-state index in [0.29, 0.717) is 0 Å². The minimum atomic E-state index is 0.0859. The number of benzene rings is 1. The number of carbonyl (C=O) groups is 1. The van der Waals surface area contributed by atoms with Crippen LogP contribution in [0, 0.1) is 6.92 Å². The quantitative estimate of drug-likeness (QED) is 0.923. The van der Waals surface area contributed by atoms with E-state index in [1.807, 2.05) is 43.0 Å². The van der Waals surface area contributed by atoms with Crippen LogP contribution in [-0.2, 0) is 0 Å². The molecular weight excluding hydrogens is 306 g/mol. The molecule has 0 aromatic heterocycles. The van der Waals surface area contributed by atoms with Gasteiger partial charge in [0.2, 0.25) is 0 Å². The summed E-state index contributed by atoms with van der Waals surface area (Å²) in [6, 6.07) is 6.41. The first-order chi connectivity index (χ1) is 9.04. The normalized spacial score (nSPS) is 19.4. The lowest BCUT2D eigenvalue weighted by atomic mass is 10.2. The van der Waals surface area contributed by atoms with Gasteiger partial charge in [0.05, 0.1) is 6.04 Å². The second kappa shape index (κ2) is 5.92. The Hall–Kier alpha value is -1.07. The average molecular weight is 326 g/mol. The topological polar surface area (TPSA) is 35.6 Å². The summed E-state index contributed by atoms with van der Waals surface area (Å²) in [6.07, 6.45) is 0.977. The number of rotatable bonds is 4. The maximum Gasteiger partial charge on any atom is 0.324 e. The Labute approximate surface area is 122 Å². The van der Waals surface area contributed by atoms with E-state index >= 15 is 0 Å². The molecule has 5 heteroatoms. The molecule has 1 aliphatic rings. The van der Waals surface area contributed by atoms with Crippen molar-refractivity contribution in [1.82, 2.24) is 10.2 Å². The van der Waals surface area contributed by atoms with Gasteiger partial charge in [-0.25, -0.2) is 4.79 Å². The number of amides is 2. The molecule has 1 unspecified atom stereocenters. The zero-order valence-electron chi connectivity index (χ0n) is 11.6. The van der Waals surface area contributed by atoms with Gasteiger partial charge in [-0.1, -0.05) is 15.9 Å². The number of urea groups is 1. The number of hydrogen-bond acceptors (Lipinski definition) is 2. The van der Waals surface area contributed by atoms with E-state index in [1.165, 1.54) is 0 Å². The van der Waals surface area contributed by atoms with Crippen molar-refractivity contribution >= 4 is 27.6 Å². The van der Waals surface area contributed by atoms with Gasteiger partial charge in [-0.3, -0.25) is 4.90 Å². The van der Waals surface area contributed by atoms with Gasteiger partial charge < -0.3 is 10.2 Å². The fourth-order valence-electron chi connectivity index (χ4n) is 2.37. The number of likely N-dealkylation sites (N-methyl/N-ethyl adjacent to an activating group) is 1. The number of nitrogens with one attached hydrogen (secondary N) is 1. The van der Waals surface area contributed by atoms with Crippen LogP contribution in [0.25, 0.3) is 0 Å². The van der Waals surface area contributed by atoms with Crippen molar-refractivity contribution in [3.05, 3.63) is 28.2 Å². The van der Waals surface area contributed by atoms with Crippen molar-refractivity contribution in [1.29, 1.82) is 0 Å². The molecule has 1 heterocycles. The van der Waals surface area contributed by atoms with Crippen molar-refractivity contribution in [2.75, 3.05) is 32.1 Å². The second-order valence-corrected chi connectivity index (χ2v) is 5.84. The molecule has 1 atom stereocenters. The third kappa shape index (κ3) is 2.92. The molecule has 0 radical (unpaired) electrons. The number of hydrogen-bond donors (Lipinski definition) is 1. The largest absolute Gasteiger partial charge is 0.324 e. The molecule has 1 aromatic carbocycles. The summed E-state index contributed by atoms with van der Waals surface area (Å²) in [5, 5.41) is 3.14. The molecule has 0 bridgehead atoms. The molecule has 0 aliphatic carbocycles. The van der Waals surface area contributed by atoms with Crippen LogP contribution in [0.15, 0.2) is 22.7 Å². The van der Waals surface area contributed by atoms with Crippen molar-refractivity contribution in [2.24, 2.45) is 0 Å². The van der Waals surface area contributed by atoms with E-state index in [4.69, 9.17) is 0 Å². The van der Waals surface area contributed by atoms with E-state index < -0.39 is 0 Å². The predicted molar refractivity (Wildman–Crippen MR) is 81.7 cm³/mol. The summed E-state index contributed by atoms with van der Waals surface area (Å²) in [4.78, 5) is 16.0. The molecule has 1 fully saturated rings.